The van der Waals surface area contributed by atoms with E-state index in [1.807, 2.05) is 0 Å². The quantitative estimate of drug-likeness (QED) is 0.755. The zero-order chi connectivity index (χ0) is 13.7. The number of nitrogens with one attached hydrogen (secondary N) is 1. The summed E-state index contributed by atoms with van der Waals surface area (Å²) in [6, 6.07) is 0.242. The van der Waals surface area contributed by atoms with Crippen LogP contribution in [-0.2, 0) is 4.79 Å². The smallest absolute Gasteiger partial charge is 0.223 e. The van der Waals surface area contributed by atoms with E-state index in [-0.39, 0.29) is 42.7 Å². The van der Waals surface area contributed by atoms with Crippen molar-refractivity contribution in [1.29, 1.82) is 0 Å². The first kappa shape index (κ1) is 21.0. The predicted molar refractivity (Wildman–Crippen MR) is 92.3 cm³/mol. The summed E-state index contributed by atoms with van der Waals surface area (Å²) in [4.78, 5) is 14.4. The van der Waals surface area contributed by atoms with E-state index >= 15 is 0 Å². The molecule has 1 saturated carbocycles. The molecule has 3 N–H and O–H groups in total. The number of carbonyl (C=O) groups excluding carboxylic acids is 1. The van der Waals surface area contributed by atoms with Crippen LogP contribution in [0.4, 0.5) is 0 Å². The Morgan fingerprint density at radius 2 is 1.86 bits per heavy atom. The number of piperidine rings is 1. The molecule has 1 heterocycles. The third-order valence-electron chi connectivity index (χ3n) is 4.67. The number of likely N-dealkylation sites (tertiary alicyclic amines) is 1. The number of nitrogens with two attached hydrogens (primary N) is 1. The maximum Gasteiger partial charge on any atom is 0.223 e. The molecule has 0 spiro atoms. The van der Waals surface area contributed by atoms with Gasteiger partial charge in [0.2, 0.25) is 5.91 Å². The Balaban J connectivity index is 0.00000200. The van der Waals surface area contributed by atoms with Crippen LogP contribution in [0.1, 0.15) is 45.4 Å². The minimum absolute atomic E-state index is 0. The second kappa shape index (κ2) is 10.7. The fourth-order valence-corrected chi connectivity index (χ4v) is 3.20. The zero-order valence-corrected chi connectivity index (χ0v) is 14.7. The highest BCUT2D eigenvalue weighted by atomic mass is 35.5. The van der Waals surface area contributed by atoms with Gasteiger partial charge in [-0.05, 0) is 64.1 Å². The molecule has 2 atom stereocenters. The third kappa shape index (κ3) is 7.18. The number of amides is 1. The topological polar surface area (TPSA) is 58.4 Å². The molecule has 0 bridgehead atoms. The van der Waals surface area contributed by atoms with Gasteiger partial charge in [0.1, 0.15) is 0 Å². The third-order valence-corrected chi connectivity index (χ3v) is 4.67. The Hall–Kier alpha value is -0.0300. The van der Waals surface area contributed by atoms with Gasteiger partial charge in [0.05, 0.1) is 0 Å². The van der Waals surface area contributed by atoms with Crippen LogP contribution in [0, 0.1) is 11.8 Å². The fourth-order valence-electron chi connectivity index (χ4n) is 3.20. The van der Waals surface area contributed by atoms with Crippen molar-refractivity contribution >= 4 is 30.7 Å². The van der Waals surface area contributed by atoms with E-state index in [2.05, 4.69) is 17.1 Å². The van der Waals surface area contributed by atoms with E-state index in [4.69, 9.17) is 5.73 Å². The zero-order valence-electron chi connectivity index (χ0n) is 13.1. The van der Waals surface area contributed by atoms with Crippen molar-refractivity contribution in [2.45, 2.75) is 51.5 Å². The molecule has 0 aromatic heterocycles. The Kier molecular flexibility index (Phi) is 10.6. The standard InChI is InChI=1S/C15H29N3O.2ClH/c1-12-5-9-18(10-6-12)8-2-7-17-15(19)13-3-4-14(16)11-13;;/h12-14H,2-11,16H2,1H3,(H,17,19);2*1H. The van der Waals surface area contributed by atoms with Crippen molar-refractivity contribution in [2.24, 2.45) is 17.6 Å². The van der Waals surface area contributed by atoms with Crippen LogP contribution in [0.3, 0.4) is 0 Å². The molecule has 2 unspecified atom stereocenters. The molecule has 21 heavy (non-hydrogen) atoms. The molecule has 0 aromatic carbocycles. The minimum Gasteiger partial charge on any atom is -0.356 e. The summed E-state index contributed by atoms with van der Waals surface area (Å²) in [6.07, 6.45) is 6.56. The van der Waals surface area contributed by atoms with E-state index in [9.17, 15) is 4.79 Å². The van der Waals surface area contributed by atoms with E-state index in [1.54, 1.807) is 0 Å². The van der Waals surface area contributed by atoms with Crippen LogP contribution in [0.2, 0.25) is 0 Å². The summed E-state index contributed by atoms with van der Waals surface area (Å²) in [5.41, 5.74) is 5.84. The van der Waals surface area contributed by atoms with Crippen LogP contribution < -0.4 is 11.1 Å². The Labute approximate surface area is 141 Å². The lowest BCUT2D eigenvalue weighted by Crippen LogP contribution is -2.36. The molecule has 1 aliphatic carbocycles. The molecule has 0 radical (unpaired) electrons. The van der Waals surface area contributed by atoms with Gasteiger partial charge >= 0.3 is 0 Å². The molecule has 2 fully saturated rings. The second-order valence-electron chi connectivity index (χ2n) is 6.44. The summed E-state index contributed by atoms with van der Waals surface area (Å²) < 4.78 is 0. The summed E-state index contributed by atoms with van der Waals surface area (Å²) in [5, 5.41) is 3.07. The number of carbonyl (C=O) groups is 1. The molecule has 2 rings (SSSR count). The summed E-state index contributed by atoms with van der Waals surface area (Å²) in [7, 11) is 0. The van der Waals surface area contributed by atoms with E-state index < -0.39 is 0 Å². The molecule has 1 saturated heterocycles. The first-order chi connectivity index (χ1) is 9.15. The van der Waals surface area contributed by atoms with E-state index in [0.29, 0.717) is 0 Å². The first-order valence-corrected chi connectivity index (χ1v) is 7.91. The van der Waals surface area contributed by atoms with Gasteiger partial charge in [0.15, 0.2) is 0 Å². The summed E-state index contributed by atoms with van der Waals surface area (Å²) in [6.45, 7) is 6.73. The van der Waals surface area contributed by atoms with Gasteiger partial charge in [0, 0.05) is 18.5 Å². The van der Waals surface area contributed by atoms with Crippen molar-refractivity contribution < 1.29 is 4.79 Å². The Morgan fingerprint density at radius 1 is 1.19 bits per heavy atom. The predicted octanol–water partition coefficient (Wildman–Crippen LogP) is 2.20. The average molecular weight is 340 g/mol. The Bertz CT molecular complexity index is 297. The molecule has 126 valence electrons. The van der Waals surface area contributed by atoms with Crippen molar-refractivity contribution in [3.05, 3.63) is 0 Å². The normalized spacial score (nSPS) is 26.8. The van der Waals surface area contributed by atoms with Crippen molar-refractivity contribution in [3.63, 3.8) is 0 Å². The lowest BCUT2D eigenvalue weighted by Gasteiger charge is -2.30. The molecule has 1 amide bonds. The highest BCUT2D eigenvalue weighted by Crippen LogP contribution is 2.24. The first-order valence-electron chi connectivity index (χ1n) is 7.91. The van der Waals surface area contributed by atoms with Crippen molar-refractivity contribution in [1.82, 2.24) is 10.2 Å². The fraction of sp³-hybridized carbons (Fsp3) is 0.933. The molecule has 2 aliphatic rings. The van der Waals surface area contributed by atoms with Gasteiger partial charge in [0.25, 0.3) is 0 Å². The van der Waals surface area contributed by atoms with Crippen LogP contribution in [0.25, 0.3) is 0 Å². The highest BCUT2D eigenvalue weighted by Gasteiger charge is 2.27. The molecular weight excluding hydrogens is 309 g/mol. The average Bonchev–Trinajstić information content (AvgIpc) is 2.83. The van der Waals surface area contributed by atoms with Gasteiger partial charge in [-0.25, -0.2) is 0 Å². The maximum atomic E-state index is 11.9. The molecule has 0 aromatic rings. The van der Waals surface area contributed by atoms with Gasteiger partial charge in [-0.2, -0.15) is 0 Å². The van der Waals surface area contributed by atoms with E-state index in [0.717, 1.165) is 44.7 Å². The van der Waals surface area contributed by atoms with Gasteiger partial charge in [-0.3, -0.25) is 4.79 Å². The Morgan fingerprint density at radius 3 is 2.43 bits per heavy atom. The molecule has 1 aliphatic heterocycles. The van der Waals surface area contributed by atoms with Crippen LogP contribution in [0.5, 0.6) is 0 Å². The molecular formula is C15H31Cl2N3O. The van der Waals surface area contributed by atoms with Gasteiger partial charge in [-0.1, -0.05) is 6.92 Å². The number of halogens is 2. The summed E-state index contributed by atoms with van der Waals surface area (Å²) >= 11 is 0. The van der Waals surface area contributed by atoms with Gasteiger partial charge < -0.3 is 16.0 Å². The minimum atomic E-state index is 0. The number of hydrogen-bond acceptors (Lipinski definition) is 3. The molecule has 6 heteroatoms. The number of rotatable bonds is 5. The van der Waals surface area contributed by atoms with Crippen LogP contribution >= 0.6 is 24.8 Å². The SMILES string of the molecule is CC1CCN(CCCNC(=O)C2CCC(N)C2)CC1.Cl.Cl. The highest BCUT2D eigenvalue weighted by molar-refractivity contribution is 5.85. The lowest BCUT2D eigenvalue weighted by atomic mass is 9.99. The van der Waals surface area contributed by atoms with Crippen LogP contribution in [-0.4, -0.2) is 43.0 Å². The summed E-state index contributed by atoms with van der Waals surface area (Å²) in [5.74, 6) is 1.29. The maximum absolute atomic E-state index is 11.9. The van der Waals surface area contributed by atoms with Crippen molar-refractivity contribution in [3.8, 4) is 0 Å². The largest absolute Gasteiger partial charge is 0.356 e. The monoisotopic (exact) mass is 339 g/mol. The van der Waals surface area contributed by atoms with Gasteiger partial charge in [-0.15, -0.1) is 24.8 Å². The lowest BCUT2D eigenvalue weighted by molar-refractivity contribution is -0.124. The van der Waals surface area contributed by atoms with E-state index in [1.165, 1.54) is 25.9 Å². The van der Waals surface area contributed by atoms with Crippen LogP contribution in [0.15, 0.2) is 0 Å². The number of hydrogen-bond donors (Lipinski definition) is 2. The number of nitrogens with zero attached hydrogens (tertiary/aromatic N) is 1. The molecule has 4 nitrogen and oxygen atoms in total. The second-order valence-corrected chi connectivity index (χ2v) is 6.44. The van der Waals surface area contributed by atoms with Crippen molar-refractivity contribution in [2.75, 3.05) is 26.2 Å².